The number of benzene rings is 2. The van der Waals surface area contributed by atoms with Crippen LogP contribution in [0.5, 0.6) is 0 Å². The molecule has 2 aromatic carbocycles. The molecule has 3 rings (SSSR count). The molecule has 0 amide bonds. The fraction of sp³-hybridized carbons (Fsp3) is 0.296. The zero-order chi connectivity index (χ0) is 21.9. The van der Waals surface area contributed by atoms with E-state index >= 15 is 0 Å². The van der Waals surface area contributed by atoms with E-state index < -0.39 is 0 Å². The summed E-state index contributed by atoms with van der Waals surface area (Å²) in [4.78, 5) is 2.26. The smallest absolute Gasteiger partial charge is 0.199 e. The number of quaternary nitrogens is 1. The third-order valence-electron chi connectivity index (χ3n) is 5.67. The van der Waals surface area contributed by atoms with Gasteiger partial charge in [-0.05, 0) is 77.7 Å². The van der Waals surface area contributed by atoms with E-state index in [2.05, 4.69) is 132 Å². The van der Waals surface area contributed by atoms with Crippen LogP contribution in [0.25, 0.3) is 5.57 Å². The van der Waals surface area contributed by atoms with Gasteiger partial charge < -0.3 is 4.90 Å². The summed E-state index contributed by atoms with van der Waals surface area (Å²) in [6.45, 7) is 3.17. The molecule has 0 N–H and O–H groups in total. The number of nitrogens with zero attached hydrogens (tertiary/aromatic N) is 3. The van der Waals surface area contributed by atoms with Crippen molar-refractivity contribution in [2.45, 2.75) is 6.92 Å². The molecule has 0 aromatic heterocycles. The minimum absolute atomic E-state index is 0.811. The van der Waals surface area contributed by atoms with Crippen molar-refractivity contribution in [1.82, 2.24) is 4.48 Å². The largest absolute Gasteiger partial charge is 0.375 e. The van der Waals surface area contributed by atoms with E-state index in [1.165, 1.54) is 39.4 Å². The van der Waals surface area contributed by atoms with Crippen molar-refractivity contribution in [3.8, 4) is 0 Å². The number of hydrogen-bond donors (Lipinski definition) is 0. The molecule has 156 valence electrons. The number of anilines is 1. The van der Waals surface area contributed by atoms with Crippen LogP contribution < -0.4 is 9.38 Å². The molecule has 0 fully saturated rings. The summed E-state index contributed by atoms with van der Waals surface area (Å²) in [7, 11) is 12.9. The molecule has 3 heteroatoms. The van der Waals surface area contributed by atoms with Crippen molar-refractivity contribution < 1.29 is 4.58 Å². The Hall–Kier alpha value is -2.91. The van der Waals surface area contributed by atoms with Gasteiger partial charge in [-0.3, -0.25) is 4.48 Å². The second-order valence-electron chi connectivity index (χ2n) is 8.94. The molecule has 0 bridgehead atoms. The summed E-state index contributed by atoms with van der Waals surface area (Å²) in [5.41, 5.74) is 8.71. The van der Waals surface area contributed by atoms with Gasteiger partial charge in [-0.25, -0.2) is 4.58 Å². The first kappa shape index (κ1) is 21.8. The van der Waals surface area contributed by atoms with E-state index in [1.807, 2.05) is 0 Å². The Morgan fingerprint density at radius 2 is 1.30 bits per heavy atom. The number of hydrogen-bond acceptors (Lipinski definition) is 1. The summed E-state index contributed by atoms with van der Waals surface area (Å²) >= 11 is 0. The van der Waals surface area contributed by atoms with Crippen LogP contribution in [0.4, 0.5) is 11.4 Å². The van der Waals surface area contributed by atoms with Crippen LogP contribution >= 0.6 is 0 Å². The predicted octanol–water partition coefficient (Wildman–Crippen LogP) is 4.98. The predicted molar refractivity (Wildman–Crippen MR) is 133 cm³/mol. The third-order valence-corrected chi connectivity index (χ3v) is 5.67. The highest BCUT2D eigenvalue weighted by molar-refractivity contribution is 6.04. The van der Waals surface area contributed by atoms with E-state index in [-0.39, 0.29) is 0 Å². The monoisotopic (exact) mass is 401 g/mol. The highest BCUT2D eigenvalue weighted by Crippen LogP contribution is 2.32. The Morgan fingerprint density at radius 1 is 0.800 bits per heavy atom. The zero-order valence-corrected chi connectivity index (χ0v) is 19.5. The summed E-state index contributed by atoms with van der Waals surface area (Å²) in [6.07, 6.45) is 8.83. The Bertz CT molecular complexity index is 989. The molecular formula is C27H35N3+2. The molecule has 2 aromatic rings. The summed E-state index contributed by atoms with van der Waals surface area (Å²) in [5, 5.41) is 0. The van der Waals surface area contributed by atoms with Gasteiger partial charge >= 0.3 is 0 Å². The van der Waals surface area contributed by atoms with Crippen molar-refractivity contribution in [2.75, 3.05) is 53.7 Å². The minimum Gasteiger partial charge on any atom is -0.375 e. The maximum atomic E-state index is 2.26. The van der Waals surface area contributed by atoms with E-state index in [1.54, 1.807) is 0 Å². The van der Waals surface area contributed by atoms with Crippen LogP contribution in [0, 0.1) is 0 Å². The van der Waals surface area contributed by atoms with Crippen molar-refractivity contribution in [3.05, 3.63) is 89.5 Å². The third kappa shape index (κ3) is 4.80. The van der Waals surface area contributed by atoms with E-state index in [4.69, 9.17) is 0 Å². The van der Waals surface area contributed by atoms with Crippen LogP contribution in [0.15, 0.2) is 78.4 Å². The van der Waals surface area contributed by atoms with Gasteiger partial charge in [0.05, 0.1) is 21.1 Å². The zero-order valence-electron chi connectivity index (χ0n) is 19.5. The first-order valence-electron chi connectivity index (χ1n) is 10.6. The highest BCUT2D eigenvalue weighted by atomic mass is 15.3. The maximum Gasteiger partial charge on any atom is 0.199 e. The standard InChI is InChI=1S/C27H35N3/c1-8-29(4)25-17-11-22(12-18-25)27(21-9-15-24(16-10-21)28(2)3)23-13-19-26(20-14-23)30(5,6)7/h9-20H,8H2,1-7H3/q+2. The van der Waals surface area contributed by atoms with Gasteiger partial charge in [-0.1, -0.05) is 12.1 Å². The first-order chi connectivity index (χ1) is 14.2. The van der Waals surface area contributed by atoms with Crippen LogP contribution in [-0.2, 0) is 0 Å². The van der Waals surface area contributed by atoms with Crippen molar-refractivity contribution in [3.63, 3.8) is 0 Å². The van der Waals surface area contributed by atoms with Gasteiger partial charge in [0.2, 0.25) is 0 Å². The molecule has 0 radical (unpaired) electrons. The van der Waals surface area contributed by atoms with Gasteiger partial charge in [-0.2, -0.15) is 0 Å². The molecular weight excluding hydrogens is 366 g/mol. The lowest BCUT2D eigenvalue weighted by Crippen LogP contribution is -2.34. The molecule has 0 saturated heterocycles. The number of allylic oxidation sites excluding steroid dienone is 5. The highest BCUT2D eigenvalue weighted by Gasteiger charge is 2.16. The Morgan fingerprint density at radius 3 is 1.73 bits per heavy atom. The van der Waals surface area contributed by atoms with Crippen LogP contribution in [-0.4, -0.2) is 59.1 Å². The quantitative estimate of drug-likeness (QED) is 0.506. The molecule has 0 spiro atoms. The topological polar surface area (TPSA) is 6.25 Å². The minimum atomic E-state index is 0.811. The average Bonchev–Trinajstić information content (AvgIpc) is 2.74. The number of rotatable bonds is 5. The average molecular weight is 402 g/mol. The molecule has 0 heterocycles. The molecule has 0 atom stereocenters. The van der Waals surface area contributed by atoms with E-state index in [0.29, 0.717) is 0 Å². The second kappa shape index (κ2) is 8.85. The summed E-state index contributed by atoms with van der Waals surface area (Å²) in [6, 6.07) is 17.9. The lowest BCUT2D eigenvalue weighted by molar-refractivity contribution is -0.462. The second-order valence-corrected chi connectivity index (χ2v) is 8.94. The fourth-order valence-corrected chi connectivity index (χ4v) is 3.57. The summed E-state index contributed by atoms with van der Waals surface area (Å²) in [5.74, 6) is 0. The molecule has 1 aliphatic carbocycles. The molecule has 0 unspecified atom stereocenters. The lowest BCUT2D eigenvalue weighted by Gasteiger charge is -2.24. The lowest BCUT2D eigenvalue weighted by atomic mass is 9.90. The van der Waals surface area contributed by atoms with Crippen molar-refractivity contribution >= 4 is 22.7 Å². The van der Waals surface area contributed by atoms with Crippen molar-refractivity contribution in [1.29, 1.82) is 0 Å². The van der Waals surface area contributed by atoms with Gasteiger partial charge in [0.25, 0.3) is 0 Å². The Balaban J connectivity index is 2.11. The van der Waals surface area contributed by atoms with Crippen LogP contribution in [0.3, 0.4) is 0 Å². The molecule has 3 nitrogen and oxygen atoms in total. The summed E-state index contributed by atoms with van der Waals surface area (Å²) < 4.78 is 2.94. The van der Waals surface area contributed by atoms with Gasteiger partial charge in [0.1, 0.15) is 19.8 Å². The van der Waals surface area contributed by atoms with Gasteiger partial charge in [0, 0.05) is 31.4 Å². The van der Waals surface area contributed by atoms with Crippen molar-refractivity contribution in [2.24, 2.45) is 0 Å². The molecule has 0 saturated carbocycles. The Labute approximate surface area is 182 Å². The van der Waals surface area contributed by atoms with E-state index in [0.717, 1.165) is 11.0 Å². The first-order valence-corrected chi connectivity index (χ1v) is 10.6. The fourth-order valence-electron chi connectivity index (χ4n) is 3.57. The Kier molecular flexibility index (Phi) is 6.42. The van der Waals surface area contributed by atoms with Crippen LogP contribution in [0.1, 0.15) is 18.1 Å². The SMILES string of the molecule is CCN(C)c1ccc(C(=C2C=CC(=[N+](C)C)C=C2)c2ccc([N+](C)(C)C)cc2)cc1. The molecule has 1 aliphatic rings. The van der Waals surface area contributed by atoms with Crippen LogP contribution in [0.2, 0.25) is 0 Å². The van der Waals surface area contributed by atoms with Gasteiger partial charge in [-0.15, -0.1) is 0 Å². The normalized spacial score (nSPS) is 13.6. The molecule has 30 heavy (non-hydrogen) atoms. The molecule has 0 aliphatic heterocycles. The van der Waals surface area contributed by atoms with E-state index in [9.17, 15) is 0 Å². The maximum absolute atomic E-state index is 2.26. The van der Waals surface area contributed by atoms with Gasteiger partial charge in [0.15, 0.2) is 5.71 Å².